The van der Waals surface area contributed by atoms with Crippen LogP contribution in [-0.2, 0) is 10.0 Å². The Morgan fingerprint density at radius 1 is 1.04 bits per heavy atom. The van der Waals surface area contributed by atoms with E-state index in [2.05, 4.69) is 4.90 Å². The molecule has 1 aromatic rings. The lowest BCUT2D eigenvalue weighted by Gasteiger charge is -2.35. The van der Waals surface area contributed by atoms with Crippen molar-refractivity contribution < 1.29 is 17.9 Å². The third-order valence-corrected chi connectivity index (χ3v) is 6.24. The predicted molar refractivity (Wildman–Crippen MR) is 89.9 cm³/mol. The average molecular weight is 340 g/mol. The van der Waals surface area contributed by atoms with Crippen molar-refractivity contribution in [3.63, 3.8) is 0 Å². The Kier molecular flexibility index (Phi) is 4.96. The van der Waals surface area contributed by atoms with Gasteiger partial charge in [-0.25, -0.2) is 8.42 Å². The Balaban J connectivity index is 1.63. The molecule has 0 amide bonds. The van der Waals surface area contributed by atoms with Crippen LogP contribution in [0, 0.1) is 0 Å². The normalized spacial score (nSPS) is 18.9. The van der Waals surface area contributed by atoms with Gasteiger partial charge in [0.1, 0.15) is 13.2 Å². The fourth-order valence-corrected chi connectivity index (χ4v) is 4.54. The Bertz CT molecular complexity index is 639. The van der Waals surface area contributed by atoms with E-state index < -0.39 is 10.0 Å². The van der Waals surface area contributed by atoms with Crippen LogP contribution in [0.25, 0.3) is 0 Å². The van der Waals surface area contributed by atoms with Crippen molar-refractivity contribution in [2.24, 2.45) is 0 Å². The lowest BCUT2D eigenvalue weighted by Crippen LogP contribution is -2.49. The molecule has 0 radical (unpaired) electrons. The number of hydrogen-bond acceptors (Lipinski definition) is 5. The summed E-state index contributed by atoms with van der Waals surface area (Å²) in [5.41, 5.74) is 1.06. The van der Waals surface area contributed by atoms with E-state index in [0.717, 1.165) is 30.0 Å². The van der Waals surface area contributed by atoms with Crippen LogP contribution < -0.4 is 14.4 Å². The molecule has 0 saturated carbocycles. The van der Waals surface area contributed by atoms with Crippen LogP contribution in [0.5, 0.6) is 11.5 Å². The van der Waals surface area contributed by atoms with Gasteiger partial charge in [-0.2, -0.15) is 4.31 Å². The van der Waals surface area contributed by atoms with E-state index in [-0.39, 0.29) is 5.75 Å². The SMILES string of the molecule is CCCCS(=O)(=O)N1CCN(c2ccc3c(c2)OCCO3)CC1. The number of benzene rings is 1. The summed E-state index contributed by atoms with van der Waals surface area (Å²) in [6.07, 6.45) is 1.63. The fraction of sp³-hybridized carbons (Fsp3) is 0.625. The molecule has 2 heterocycles. The van der Waals surface area contributed by atoms with Gasteiger partial charge in [0.25, 0.3) is 0 Å². The number of hydrogen-bond donors (Lipinski definition) is 0. The molecule has 2 aliphatic heterocycles. The van der Waals surface area contributed by atoms with Crippen LogP contribution in [0.2, 0.25) is 0 Å². The van der Waals surface area contributed by atoms with Crippen LogP contribution in [0.15, 0.2) is 18.2 Å². The van der Waals surface area contributed by atoms with E-state index in [0.29, 0.717) is 39.4 Å². The quantitative estimate of drug-likeness (QED) is 0.817. The third kappa shape index (κ3) is 3.72. The molecule has 6 nitrogen and oxygen atoms in total. The van der Waals surface area contributed by atoms with Crippen molar-refractivity contribution in [2.45, 2.75) is 19.8 Å². The Hall–Kier alpha value is -1.47. The molecule has 0 aromatic heterocycles. The van der Waals surface area contributed by atoms with Gasteiger partial charge < -0.3 is 14.4 Å². The zero-order valence-electron chi connectivity index (χ0n) is 13.5. The summed E-state index contributed by atoms with van der Waals surface area (Å²) in [5.74, 6) is 1.81. The molecule has 0 aliphatic carbocycles. The number of sulfonamides is 1. The molecular formula is C16H24N2O4S. The van der Waals surface area contributed by atoms with Crippen molar-refractivity contribution in [3.05, 3.63) is 18.2 Å². The molecule has 0 unspecified atom stereocenters. The van der Waals surface area contributed by atoms with Crippen molar-refractivity contribution >= 4 is 15.7 Å². The van der Waals surface area contributed by atoms with Gasteiger partial charge in [-0.05, 0) is 18.6 Å². The molecule has 7 heteroatoms. The largest absolute Gasteiger partial charge is 0.486 e. The molecule has 0 bridgehead atoms. The van der Waals surface area contributed by atoms with E-state index in [9.17, 15) is 8.42 Å². The maximum Gasteiger partial charge on any atom is 0.214 e. The van der Waals surface area contributed by atoms with E-state index in [4.69, 9.17) is 9.47 Å². The van der Waals surface area contributed by atoms with Gasteiger partial charge in [-0.3, -0.25) is 0 Å². The van der Waals surface area contributed by atoms with Gasteiger partial charge in [0, 0.05) is 37.9 Å². The summed E-state index contributed by atoms with van der Waals surface area (Å²) in [7, 11) is -3.10. The third-order valence-electron chi connectivity index (χ3n) is 4.28. The zero-order chi connectivity index (χ0) is 16.3. The second kappa shape index (κ2) is 6.97. The molecular weight excluding hydrogens is 316 g/mol. The topological polar surface area (TPSA) is 59.1 Å². The standard InChI is InChI=1S/C16H24N2O4S/c1-2-3-12-23(19,20)18-8-6-17(7-9-18)14-4-5-15-16(13-14)22-11-10-21-15/h4-5,13H,2-3,6-12H2,1H3. The molecule has 3 rings (SSSR count). The maximum absolute atomic E-state index is 12.3. The molecule has 23 heavy (non-hydrogen) atoms. The first-order valence-corrected chi connectivity index (χ1v) is 9.83. The molecule has 0 atom stereocenters. The molecule has 1 saturated heterocycles. The summed E-state index contributed by atoms with van der Waals surface area (Å²) < 4.78 is 37.3. The van der Waals surface area contributed by atoms with E-state index in [1.807, 2.05) is 25.1 Å². The Labute approximate surface area is 138 Å². The van der Waals surface area contributed by atoms with Gasteiger partial charge >= 0.3 is 0 Å². The minimum Gasteiger partial charge on any atom is -0.486 e. The monoisotopic (exact) mass is 340 g/mol. The second-order valence-electron chi connectivity index (χ2n) is 5.88. The smallest absolute Gasteiger partial charge is 0.214 e. The predicted octanol–water partition coefficient (Wildman–Crippen LogP) is 1.71. The molecule has 1 fully saturated rings. The summed E-state index contributed by atoms with van der Waals surface area (Å²) in [6, 6.07) is 5.92. The number of anilines is 1. The van der Waals surface area contributed by atoms with E-state index >= 15 is 0 Å². The van der Waals surface area contributed by atoms with Crippen LogP contribution in [0.3, 0.4) is 0 Å². The molecule has 0 N–H and O–H groups in total. The van der Waals surface area contributed by atoms with Gasteiger partial charge in [-0.15, -0.1) is 0 Å². The number of nitrogens with zero attached hydrogens (tertiary/aromatic N) is 2. The highest BCUT2D eigenvalue weighted by Gasteiger charge is 2.27. The van der Waals surface area contributed by atoms with Crippen molar-refractivity contribution in [3.8, 4) is 11.5 Å². The Morgan fingerprint density at radius 2 is 1.74 bits per heavy atom. The van der Waals surface area contributed by atoms with E-state index in [1.165, 1.54) is 0 Å². The van der Waals surface area contributed by atoms with Crippen molar-refractivity contribution in [2.75, 3.05) is 50.0 Å². The van der Waals surface area contributed by atoms with Gasteiger partial charge in [-0.1, -0.05) is 13.3 Å². The molecule has 128 valence electrons. The van der Waals surface area contributed by atoms with Crippen LogP contribution in [-0.4, -0.2) is 57.9 Å². The number of piperazine rings is 1. The highest BCUT2D eigenvalue weighted by molar-refractivity contribution is 7.89. The zero-order valence-corrected chi connectivity index (χ0v) is 14.3. The highest BCUT2D eigenvalue weighted by Crippen LogP contribution is 2.34. The molecule has 1 aromatic carbocycles. The van der Waals surface area contributed by atoms with Gasteiger partial charge in [0.15, 0.2) is 11.5 Å². The number of ether oxygens (including phenoxy) is 2. The first-order chi connectivity index (χ1) is 11.1. The fourth-order valence-electron chi connectivity index (χ4n) is 2.91. The lowest BCUT2D eigenvalue weighted by molar-refractivity contribution is 0.171. The maximum atomic E-state index is 12.3. The molecule has 0 spiro atoms. The summed E-state index contributed by atoms with van der Waals surface area (Å²) in [4.78, 5) is 2.20. The summed E-state index contributed by atoms with van der Waals surface area (Å²) in [6.45, 7) is 5.65. The summed E-state index contributed by atoms with van der Waals surface area (Å²) in [5, 5.41) is 0. The first-order valence-electron chi connectivity index (χ1n) is 8.22. The van der Waals surface area contributed by atoms with Crippen molar-refractivity contribution in [1.29, 1.82) is 0 Å². The second-order valence-corrected chi connectivity index (χ2v) is 7.97. The van der Waals surface area contributed by atoms with Gasteiger partial charge in [0.2, 0.25) is 10.0 Å². The average Bonchev–Trinajstić information content (AvgIpc) is 2.60. The van der Waals surface area contributed by atoms with Crippen LogP contribution in [0.1, 0.15) is 19.8 Å². The number of rotatable bonds is 5. The highest BCUT2D eigenvalue weighted by atomic mass is 32.2. The van der Waals surface area contributed by atoms with Crippen molar-refractivity contribution in [1.82, 2.24) is 4.31 Å². The Morgan fingerprint density at radius 3 is 2.43 bits per heavy atom. The van der Waals surface area contributed by atoms with Crippen LogP contribution in [0.4, 0.5) is 5.69 Å². The number of fused-ring (bicyclic) bond motifs is 1. The minimum atomic E-state index is -3.10. The van der Waals surface area contributed by atoms with Crippen LogP contribution >= 0.6 is 0 Å². The summed E-state index contributed by atoms with van der Waals surface area (Å²) >= 11 is 0. The lowest BCUT2D eigenvalue weighted by atomic mass is 10.2. The van der Waals surface area contributed by atoms with E-state index in [1.54, 1.807) is 4.31 Å². The number of unbranched alkanes of at least 4 members (excludes halogenated alkanes) is 1. The van der Waals surface area contributed by atoms with Gasteiger partial charge in [0.05, 0.1) is 5.75 Å². The molecule has 2 aliphatic rings. The minimum absolute atomic E-state index is 0.257. The first kappa shape index (κ1) is 16.4.